The van der Waals surface area contributed by atoms with Crippen LogP contribution in [0.1, 0.15) is 37.9 Å². The van der Waals surface area contributed by atoms with Gasteiger partial charge in [0.2, 0.25) is 0 Å². The van der Waals surface area contributed by atoms with Crippen molar-refractivity contribution in [1.82, 2.24) is 15.2 Å². The third-order valence-corrected chi connectivity index (χ3v) is 2.22. The van der Waals surface area contributed by atoms with E-state index in [1.54, 1.807) is 5.94 Å². The van der Waals surface area contributed by atoms with E-state index in [4.69, 9.17) is 0 Å². The van der Waals surface area contributed by atoms with Gasteiger partial charge in [-0.15, -0.1) is 17.5 Å². The van der Waals surface area contributed by atoms with Crippen molar-refractivity contribution < 1.29 is 4.79 Å². The van der Waals surface area contributed by atoms with E-state index in [2.05, 4.69) is 15.2 Å². The predicted octanol–water partition coefficient (Wildman–Crippen LogP) is 1.47. The molecule has 0 radical (unpaired) electrons. The molecule has 0 aliphatic rings. The van der Waals surface area contributed by atoms with Crippen molar-refractivity contribution in [3.63, 3.8) is 0 Å². The Morgan fingerprint density at radius 3 is 2.76 bits per heavy atom. The molecule has 94 valence electrons. The number of carbonyl (C=O) groups excluding carboxylic acids is 1. The Labute approximate surface area is 106 Å². The maximum Gasteiger partial charge on any atom is 0.269 e. The Bertz CT molecular complexity index is 413. The van der Waals surface area contributed by atoms with E-state index >= 15 is 0 Å². The lowest BCUT2D eigenvalue weighted by Crippen LogP contribution is -2.11. The maximum absolute atomic E-state index is 10.9. The zero-order valence-corrected chi connectivity index (χ0v) is 10.3. The van der Waals surface area contributed by atoms with Gasteiger partial charge >= 0.3 is 0 Å². The Hall–Kier alpha value is -1.45. The molecular weight excluding hydrogens is 242 g/mol. The normalized spacial score (nSPS) is 9.18. The van der Waals surface area contributed by atoms with Gasteiger partial charge in [-0.2, -0.15) is 5.10 Å². The van der Waals surface area contributed by atoms with Gasteiger partial charge in [0, 0.05) is 6.42 Å². The summed E-state index contributed by atoms with van der Waals surface area (Å²) in [7, 11) is 0. The molecule has 17 heavy (non-hydrogen) atoms. The molecule has 0 aliphatic carbocycles. The SMILES string of the molecule is Cl.O=C=CCCCCCCc1nncc(=O)[nH]1. The highest BCUT2D eigenvalue weighted by Gasteiger charge is 1.96. The minimum absolute atomic E-state index is 0. The van der Waals surface area contributed by atoms with Crippen LogP contribution in [-0.4, -0.2) is 21.1 Å². The summed E-state index contributed by atoms with van der Waals surface area (Å²) in [5, 5.41) is 7.41. The Balaban J connectivity index is 0.00000256. The molecule has 5 nitrogen and oxygen atoms in total. The fourth-order valence-electron chi connectivity index (χ4n) is 1.41. The smallest absolute Gasteiger partial charge is 0.269 e. The maximum atomic E-state index is 10.9. The number of hydrogen-bond donors (Lipinski definition) is 1. The monoisotopic (exact) mass is 257 g/mol. The molecule has 0 saturated heterocycles. The van der Waals surface area contributed by atoms with Crippen LogP contribution in [0.3, 0.4) is 0 Å². The summed E-state index contributed by atoms with van der Waals surface area (Å²) in [5.74, 6) is 2.40. The number of hydrogen-bond acceptors (Lipinski definition) is 4. The molecule has 0 bridgehead atoms. The molecule has 1 aromatic heterocycles. The van der Waals surface area contributed by atoms with Crippen molar-refractivity contribution in [3.8, 4) is 0 Å². The third-order valence-electron chi connectivity index (χ3n) is 2.22. The highest BCUT2D eigenvalue weighted by molar-refractivity contribution is 5.85. The van der Waals surface area contributed by atoms with Gasteiger partial charge in [-0.3, -0.25) is 4.79 Å². The number of aryl methyl sites for hydroxylation is 1. The average molecular weight is 258 g/mol. The second-order valence-electron chi connectivity index (χ2n) is 3.56. The molecule has 1 N–H and O–H groups in total. The average Bonchev–Trinajstić information content (AvgIpc) is 2.28. The quantitative estimate of drug-likeness (QED) is 0.593. The summed E-state index contributed by atoms with van der Waals surface area (Å²) >= 11 is 0. The largest absolute Gasteiger partial charge is 0.308 e. The van der Waals surface area contributed by atoms with Crippen molar-refractivity contribution in [2.45, 2.75) is 38.5 Å². The van der Waals surface area contributed by atoms with Crippen LogP contribution < -0.4 is 5.56 Å². The Morgan fingerprint density at radius 1 is 1.29 bits per heavy atom. The number of H-pyrrole nitrogens is 1. The molecule has 0 saturated carbocycles. The Morgan fingerprint density at radius 2 is 2.06 bits per heavy atom. The number of nitrogens with zero attached hydrogens (tertiary/aromatic N) is 2. The first kappa shape index (κ1) is 15.6. The molecule has 6 heteroatoms. The van der Waals surface area contributed by atoms with Gasteiger partial charge in [0.25, 0.3) is 5.56 Å². The number of halogens is 1. The first-order valence-corrected chi connectivity index (χ1v) is 5.43. The molecule has 0 unspecified atom stereocenters. The summed E-state index contributed by atoms with van der Waals surface area (Å²) in [4.78, 5) is 23.4. The molecular formula is C11H16ClN3O2. The second kappa shape index (κ2) is 9.75. The van der Waals surface area contributed by atoms with E-state index in [0.717, 1.165) is 44.7 Å². The summed E-state index contributed by atoms with van der Waals surface area (Å²) in [6, 6.07) is 0. The number of unbranched alkanes of at least 4 members (excludes halogenated alkanes) is 4. The van der Waals surface area contributed by atoms with Gasteiger partial charge in [-0.05, 0) is 25.3 Å². The lowest BCUT2D eigenvalue weighted by Gasteiger charge is -1.99. The zero-order valence-electron chi connectivity index (χ0n) is 9.52. The van der Waals surface area contributed by atoms with E-state index in [-0.39, 0.29) is 18.0 Å². The number of rotatable bonds is 7. The molecule has 0 aromatic carbocycles. The summed E-state index contributed by atoms with van der Waals surface area (Å²) < 4.78 is 0. The molecule has 1 rings (SSSR count). The first-order valence-electron chi connectivity index (χ1n) is 5.43. The van der Waals surface area contributed by atoms with Gasteiger partial charge in [0.15, 0.2) is 0 Å². The van der Waals surface area contributed by atoms with Crippen LogP contribution in [-0.2, 0) is 11.2 Å². The Kier molecular flexibility index (Phi) is 8.92. The number of aromatic amines is 1. The predicted molar refractivity (Wildman–Crippen MR) is 67.0 cm³/mol. The second-order valence-corrected chi connectivity index (χ2v) is 3.56. The fourth-order valence-corrected chi connectivity index (χ4v) is 1.41. The van der Waals surface area contributed by atoms with Crippen LogP contribution in [0.5, 0.6) is 0 Å². The van der Waals surface area contributed by atoms with E-state index < -0.39 is 0 Å². The zero-order chi connectivity index (χ0) is 11.6. The van der Waals surface area contributed by atoms with E-state index in [1.807, 2.05) is 0 Å². The van der Waals surface area contributed by atoms with E-state index in [9.17, 15) is 9.59 Å². The molecule has 0 fully saturated rings. The van der Waals surface area contributed by atoms with Gasteiger partial charge in [0.1, 0.15) is 18.0 Å². The van der Waals surface area contributed by atoms with E-state index in [0.29, 0.717) is 5.82 Å². The molecule has 0 aliphatic heterocycles. The van der Waals surface area contributed by atoms with Crippen LogP contribution in [0.2, 0.25) is 0 Å². The number of nitrogens with one attached hydrogen (secondary N) is 1. The van der Waals surface area contributed by atoms with Gasteiger partial charge in [-0.1, -0.05) is 12.8 Å². The van der Waals surface area contributed by atoms with Gasteiger partial charge in [0.05, 0.1) is 0 Å². The number of aromatic nitrogens is 3. The topological polar surface area (TPSA) is 75.7 Å². The minimum Gasteiger partial charge on any atom is -0.308 e. The minimum atomic E-state index is -0.207. The van der Waals surface area contributed by atoms with E-state index in [1.165, 1.54) is 6.08 Å². The molecule has 0 spiro atoms. The van der Waals surface area contributed by atoms with Crippen LogP contribution in [0.4, 0.5) is 0 Å². The van der Waals surface area contributed by atoms with Crippen LogP contribution >= 0.6 is 12.4 Å². The lowest BCUT2D eigenvalue weighted by atomic mass is 10.1. The molecule has 1 heterocycles. The van der Waals surface area contributed by atoms with Gasteiger partial charge < -0.3 is 4.98 Å². The fraction of sp³-hybridized carbons (Fsp3) is 0.545. The molecule has 0 atom stereocenters. The van der Waals surface area contributed by atoms with Gasteiger partial charge in [-0.25, -0.2) is 4.79 Å². The first-order chi connectivity index (χ1) is 7.83. The molecule has 0 amide bonds. The van der Waals surface area contributed by atoms with Crippen LogP contribution in [0.15, 0.2) is 17.1 Å². The van der Waals surface area contributed by atoms with Crippen LogP contribution in [0.25, 0.3) is 0 Å². The van der Waals surface area contributed by atoms with Crippen molar-refractivity contribution in [2.75, 3.05) is 0 Å². The lowest BCUT2D eigenvalue weighted by molar-refractivity contribution is 0.567. The summed E-state index contributed by atoms with van der Waals surface area (Å²) in [6.45, 7) is 0. The van der Waals surface area contributed by atoms with Crippen molar-refractivity contribution in [3.05, 3.63) is 28.5 Å². The summed E-state index contributed by atoms with van der Waals surface area (Å²) in [5.41, 5.74) is -0.207. The van der Waals surface area contributed by atoms with Crippen molar-refractivity contribution in [1.29, 1.82) is 0 Å². The molecule has 1 aromatic rings. The number of allylic oxidation sites excluding steroid dienone is 1. The van der Waals surface area contributed by atoms with Crippen molar-refractivity contribution in [2.24, 2.45) is 0 Å². The third kappa shape index (κ3) is 7.44. The standard InChI is InChI=1S/C11H15N3O2.ClH/c15-8-6-4-2-1-3-5-7-10-13-11(16)9-12-14-10;/h6,9H,1-5,7H2,(H,13,14,16);1H. The highest BCUT2D eigenvalue weighted by atomic mass is 35.5. The van der Waals surface area contributed by atoms with Crippen molar-refractivity contribution >= 4 is 18.3 Å². The highest BCUT2D eigenvalue weighted by Crippen LogP contribution is 2.05. The van der Waals surface area contributed by atoms with Crippen LogP contribution in [0, 0.1) is 0 Å². The summed E-state index contributed by atoms with van der Waals surface area (Å²) in [6.07, 6.45) is 8.33.